The predicted molar refractivity (Wildman–Crippen MR) is 67.5 cm³/mol. The minimum atomic E-state index is 0.203. The normalized spacial score (nSPS) is 14.9. The van der Waals surface area contributed by atoms with Gasteiger partial charge in [-0.15, -0.1) is 0 Å². The smallest absolute Gasteiger partial charge is 0.129 e. The monoisotopic (exact) mass is 222 g/mol. The van der Waals surface area contributed by atoms with E-state index < -0.39 is 0 Å². The van der Waals surface area contributed by atoms with Crippen LogP contribution in [-0.2, 0) is 0 Å². The number of hydrogen-bond donors (Lipinski definition) is 2. The van der Waals surface area contributed by atoms with Crippen LogP contribution in [0.3, 0.4) is 0 Å². The second-order valence-corrected chi connectivity index (χ2v) is 4.74. The van der Waals surface area contributed by atoms with Gasteiger partial charge in [0.25, 0.3) is 0 Å². The lowest BCUT2D eigenvalue weighted by molar-refractivity contribution is 0.603. The van der Waals surface area contributed by atoms with Crippen LogP contribution in [0, 0.1) is 0 Å². The average Bonchev–Trinajstić information content (AvgIpc) is 2.16. The molecule has 0 aliphatic heterocycles. The van der Waals surface area contributed by atoms with Crippen molar-refractivity contribution in [2.45, 2.75) is 52.1 Å². The number of aromatic nitrogens is 2. The van der Waals surface area contributed by atoms with Crippen LogP contribution in [0.4, 0.5) is 5.82 Å². The number of nitrogens with two attached hydrogens (primary N) is 1. The molecule has 1 aromatic rings. The highest BCUT2D eigenvalue weighted by Gasteiger charge is 2.07. The topological polar surface area (TPSA) is 63.8 Å². The fourth-order valence-electron chi connectivity index (χ4n) is 1.64. The maximum Gasteiger partial charge on any atom is 0.129 e. The molecule has 0 saturated heterocycles. The molecule has 0 radical (unpaired) electrons. The van der Waals surface area contributed by atoms with Gasteiger partial charge in [-0.3, -0.25) is 0 Å². The molecule has 0 bridgehead atoms. The molecule has 0 aromatic carbocycles. The Labute approximate surface area is 97.7 Å². The quantitative estimate of drug-likeness (QED) is 0.801. The van der Waals surface area contributed by atoms with Crippen molar-refractivity contribution in [3.8, 4) is 0 Å². The Balaban J connectivity index is 2.63. The molecule has 0 aliphatic carbocycles. The van der Waals surface area contributed by atoms with Crippen LogP contribution in [0.25, 0.3) is 0 Å². The second kappa shape index (κ2) is 5.80. The van der Waals surface area contributed by atoms with E-state index in [1.54, 1.807) is 6.33 Å². The van der Waals surface area contributed by atoms with Gasteiger partial charge in [0.15, 0.2) is 0 Å². The van der Waals surface area contributed by atoms with E-state index in [9.17, 15) is 0 Å². The molecule has 1 rings (SSSR count). The molecule has 90 valence electrons. The van der Waals surface area contributed by atoms with E-state index in [1.165, 1.54) is 0 Å². The number of rotatable bonds is 5. The van der Waals surface area contributed by atoms with Crippen molar-refractivity contribution in [2.24, 2.45) is 5.73 Å². The standard InChI is InChI=1S/C12H22N4/c1-8(2)11-6-12(15-7-14-11)16-10(4)5-9(3)13/h6-10H,5,13H2,1-4H3,(H,14,15,16). The Morgan fingerprint density at radius 2 is 1.94 bits per heavy atom. The van der Waals surface area contributed by atoms with Gasteiger partial charge in [-0.05, 0) is 26.2 Å². The van der Waals surface area contributed by atoms with Crippen molar-refractivity contribution in [1.82, 2.24) is 9.97 Å². The van der Waals surface area contributed by atoms with Gasteiger partial charge >= 0.3 is 0 Å². The molecule has 2 unspecified atom stereocenters. The van der Waals surface area contributed by atoms with Gasteiger partial charge in [0.2, 0.25) is 0 Å². The van der Waals surface area contributed by atoms with Crippen molar-refractivity contribution in [2.75, 3.05) is 5.32 Å². The van der Waals surface area contributed by atoms with Gasteiger partial charge in [0.1, 0.15) is 12.1 Å². The second-order valence-electron chi connectivity index (χ2n) is 4.74. The summed E-state index contributed by atoms with van der Waals surface area (Å²) in [6.45, 7) is 8.37. The van der Waals surface area contributed by atoms with E-state index in [1.807, 2.05) is 13.0 Å². The van der Waals surface area contributed by atoms with Crippen molar-refractivity contribution in [3.05, 3.63) is 18.1 Å². The van der Waals surface area contributed by atoms with E-state index >= 15 is 0 Å². The Hall–Kier alpha value is -1.16. The summed E-state index contributed by atoms with van der Waals surface area (Å²) in [5.74, 6) is 1.30. The molecule has 0 saturated carbocycles. The summed E-state index contributed by atoms with van der Waals surface area (Å²) in [5.41, 5.74) is 6.81. The van der Waals surface area contributed by atoms with Crippen molar-refractivity contribution in [3.63, 3.8) is 0 Å². The Bertz CT molecular complexity index is 323. The van der Waals surface area contributed by atoms with Gasteiger partial charge < -0.3 is 11.1 Å². The third kappa shape index (κ3) is 4.14. The summed E-state index contributed by atoms with van der Waals surface area (Å²) in [6.07, 6.45) is 2.54. The zero-order valence-corrected chi connectivity index (χ0v) is 10.6. The first-order chi connectivity index (χ1) is 7.49. The van der Waals surface area contributed by atoms with Crippen LogP contribution < -0.4 is 11.1 Å². The highest BCUT2D eigenvalue weighted by molar-refractivity contribution is 5.36. The maximum absolute atomic E-state index is 5.75. The van der Waals surface area contributed by atoms with Crippen LogP contribution in [0.1, 0.15) is 45.7 Å². The summed E-state index contributed by atoms with van der Waals surface area (Å²) in [7, 11) is 0. The molecule has 1 heterocycles. The molecule has 16 heavy (non-hydrogen) atoms. The molecule has 4 heteroatoms. The lowest BCUT2D eigenvalue weighted by atomic mass is 10.1. The van der Waals surface area contributed by atoms with Crippen molar-refractivity contribution >= 4 is 5.82 Å². The molecule has 1 aromatic heterocycles. The van der Waals surface area contributed by atoms with Crippen LogP contribution >= 0.6 is 0 Å². The highest BCUT2D eigenvalue weighted by Crippen LogP contribution is 2.14. The van der Waals surface area contributed by atoms with E-state index in [0.29, 0.717) is 12.0 Å². The first-order valence-corrected chi connectivity index (χ1v) is 5.83. The number of anilines is 1. The largest absolute Gasteiger partial charge is 0.367 e. The predicted octanol–water partition coefficient (Wildman–Crippen LogP) is 2.14. The minimum absolute atomic E-state index is 0.203. The van der Waals surface area contributed by atoms with E-state index in [0.717, 1.165) is 17.9 Å². The molecule has 0 fully saturated rings. The minimum Gasteiger partial charge on any atom is -0.367 e. The van der Waals surface area contributed by atoms with Gasteiger partial charge in [-0.25, -0.2) is 9.97 Å². The van der Waals surface area contributed by atoms with Crippen LogP contribution in [0.15, 0.2) is 12.4 Å². The molecular formula is C12H22N4. The molecule has 4 nitrogen and oxygen atoms in total. The van der Waals surface area contributed by atoms with Gasteiger partial charge in [0.05, 0.1) is 0 Å². The molecule has 3 N–H and O–H groups in total. The third-order valence-electron chi connectivity index (χ3n) is 2.40. The Kier molecular flexibility index (Phi) is 4.68. The molecule has 0 spiro atoms. The maximum atomic E-state index is 5.75. The van der Waals surface area contributed by atoms with Crippen molar-refractivity contribution in [1.29, 1.82) is 0 Å². The fraction of sp³-hybridized carbons (Fsp3) is 0.667. The SMILES string of the molecule is CC(N)CC(C)Nc1cc(C(C)C)ncn1. The zero-order chi connectivity index (χ0) is 12.1. The lowest BCUT2D eigenvalue weighted by Crippen LogP contribution is -2.26. The molecule has 2 atom stereocenters. The summed E-state index contributed by atoms with van der Waals surface area (Å²) in [4.78, 5) is 8.44. The summed E-state index contributed by atoms with van der Waals surface area (Å²) in [6, 6.07) is 2.53. The van der Waals surface area contributed by atoms with Crippen LogP contribution in [0.2, 0.25) is 0 Å². The molecule has 0 aliphatic rings. The van der Waals surface area contributed by atoms with Gasteiger partial charge in [0, 0.05) is 23.8 Å². The van der Waals surface area contributed by atoms with Gasteiger partial charge in [-0.2, -0.15) is 0 Å². The first kappa shape index (κ1) is 12.9. The fourth-order valence-corrected chi connectivity index (χ4v) is 1.64. The van der Waals surface area contributed by atoms with Crippen LogP contribution in [0.5, 0.6) is 0 Å². The molecular weight excluding hydrogens is 200 g/mol. The lowest BCUT2D eigenvalue weighted by Gasteiger charge is -2.17. The zero-order valence-electron chi connectivity index (χ0n) is 10.6. The van der Waals surface area contributed by atoms with Crippen LogP contribution in [-0.4, -0.2) is 22.1 Å². The van der Waals surface area contributed by atoms with E-state index in [2.05, 4.69) is 36.1 Å². The highest BCUT2D eigenvalue weighted by atomic mass is 15.0. The Morgan fingerprint density at radius 1 is 1.25 bits per heavy atom. The summed E-state index contributed by atoms with van der Waals surface area (Å²) in [5, 5.41) is 3.34. The van der Waals surface area contributed by atoms with E-state index in [-0.39, 0.29) is 6.04 Å². The summed E-state index contributed by atoms with van der Waals surface area (Å²) >= 11 is 0. The average molecular weight is 222 g/mol. The molecule has 0 amide bonds. The Morgan fingerprint density at radius 3 is 2.50 bits per heavy atom. The van der Waals surface area contributed by atoms with Crippen molar-refractivity contribution < 1.29 is 0 Å². The van der Waals surface area contributed by atoms with Gasteiger partial charge in [-0.1, -0.05) is 13.8 Å². The van der Waals surface area contributed by atoms with E-state index in [4.69, 9.17) is 5.73 Å². The third-order valence-corrected chi connectivity index (χ3v) is 2.40. The summed E-state index contributed by atoms with van der Waals surface area (Å²) < 4.78 is 0. The first-order valence-electron chi connectivity index (χ1n) is 5.83. The number of nitrogens with zero attached hydrogens (tertiary/aromatic N) is 2. The number of hydrogen-bond acceptors (Lipinski definition) is 4. The number of nitrogens with one attached hydrogen (secondary N) is 1.